The van der Waals surface area contributed by atoms with E-state index in [2.05, 4.69) is 27.7 Å². The zero-order valence-electron chi connectivity index (χ0n) is 20.4. The minimum atomic E-state index is -0.684. The smallest absolute Gasteiger partial charge is 0.303 e. The third-order valence-corrected chi connectivity index (χ3v) is 11.3. The van der Waals surface area contributed by atoms with Crippen molar-refractivity contribution in [2.24, 2.45) is 52.3 Å². The number of aliphatic hydroxyl groups excluding tert-OH is 1. The monoisotopic (exact) mass is 434 g/mol. The zero-order valence-corrected chi connectivity index (χ0v) is 20.4. The molecule has 31 heavy (non-hydrogen) atoms. The number of aliphatic hydroxyl groups is 2. The molecule has 4 saturated carbocycles. The van der Waals surface area contributed by atoms with E-state index in [1.165, 1.54) is 25.7 Å². The van der Waals surface area contributed by atoms with Crippen molar-refractivity contribution in [3.8, 4) is 0 Å². The lowest BCUT2D eigenvalue weighted by Gasteiger charge is -2.65. The molecule has 4 fully saturated rings. The first-order valence-corrected chi connectivity index (χ1v) is 13.1. The number of aliphatic carboxylic acids is 1. The van der Waals surface area contributed by atoms with E-state index in [-0.39, 0.29) is 29.3 Å². The molecule has 0 aliphatic heterocycles. The van der Waals surface area contributed by atoms with Crippen LogP contribution in [-0.4, -0.2) is 33.0 Å². The molecular weight excluding hydrogens is 388 g/mol. The lowest BCUT2D eigenvalue weighted by molar-refractivity contribution is -0.213. The highest BCUT2D eigenvalue weighted by Gasteiger charge is 2.65. The third kappa shape index (κ3) is 3.68. The molecular formula is C27H46O4. The van der Waals surface area contributed by atoms with Crippen molar-refractivity contribution in [3.05, 3.63) is 0 Å². The van der Waals surface area contributed by atoms with Crippen LogP contribution in [0.1, 0.15) is 98.8 Å². The molecule has 0 radical (unpaired) electrons. The molecule has 4 nitrogen and oxygen atoms in total. The standard InChI is InChI=1S/C27H46O4/c1-6-17-21-15-25(3,31)13-14-27(21,5)20-11-12-26(4)18(16(2)7-10-22(28)29)8-9-19(26)23(20)24(17)30/h16-21,23-24,30-31H,6-15H2,1-5H3,(H,28,29)/t16-,17-,18-,19+,20+,21+,23+,24-,25+,26-,27-/m1/s1. The van der Waals surface area contributed by atoms with Gasteiger partial charge >= 0.3 is 5.97 Å². The molecule has 0 saturated heterocycles. The van der Waals surface area contributed by atoms with Gasteiger partial charge in [0.05, 0.1) is 11.7 Å². The average Bonchev–Trinajstić information content (AvgIpc) is 3.05. The highest BCUT2D eigenvalue weighted by molar-refractivity contribution is 5.66. The van der Waals surface area contributed by atoms with Crippen molar-refractivity contribution >= 4 is 5.97 Å². The maximum absolute atomic E-state index is 11.8. The van der Waals surface area contributed by atoms with E-state index in [1.807, 2.05) is 6.92 Å². The molecule has 4 heteroatoms. The van der Waals surface area contributed by atoms with Crippen LogP contribution in [0.15, 0.2) is 0 Å². The van der Waals surface area contributed by atoms with Crippen molar-refractivity contribution in [2.45, 2.75) is 111 Å². The Balaban J connectivity index is 1.62. The summed E-state index contributed by atoms with van der Waals surface area (Å²) in [4.78, 5) is 11.1. The minimum Gasteiger partial charge on any atom is -0.481 e. The average molecular weight is 435 g/mol. The number of carbonyl (C=O) groups is 1. The summed E-state index contributed by atoms with van der Waals surface area (Å²) in [5.41, 5.74) is -0.145. The molecule has 178 valence electrons. The van der Waals surface area contributed by atoms with Crippen molar-refractivity contribution in [1.29, 1.82) is 0 Å². The van der Waals surface area contributed by atoms with Crippen LogP contribution in [0.4, 0.5) is 0 Å². The van der Waals surface area contributed by atoms with E-state index in [1.54, 1.807) is 0 Å². The Morgan fingerprint density at radius 1 is 1.00 bits per heavy atom. The number of hydrogen-bond donors (Lipinski definition) is 3. The molecule has 11 atom stereocenters. The molecule has 0 aromatic carbocycles. The second kappa shape index (κ2) is 8.01. The largest absolute Gasteiger partial charge is 0.481 e. The summed E-state index contributed by atoms with van der Waals surface area (Å²) in [6.45, 7) is 11.4. The van der Waals surface area contributed by atoms with Crippen molar-refractivity contribution in [1.82, 2.24) is 0 Å². The normalized spacial score (nSPS) is 52.7. The predicted molar refractivity (Wildman–Crippen MR) is 122 cm³/mol. The summed E-state index contributed by atoms with van der Waals surface area (Å²) < 4.78 is 0. The lowest BCUT2D eigenvalue weighted by atomic mass is 9.40. The van der Waals surface area contributed by atoms with Gasteiger partial charge < -0.3 is 15.3 Å². The Kier molecular flexibility index (Phi) is 6.08. The van der Waals surface area contributed by atoms with Crippen LogP contribution in [0.5, 0.6) is 0 Å². The molecule has 4 aliphatic carbocycles. The summed E-state index contributed by atoms with van der Waals surface area (Å²) in [5.74, 6) is 2.48. The number of carboxylic acids is 1. The van der Waals surface area contributed by atoms with Gasteiger partial charge in [0.1, 0.15) is 0 Å². The van der Waals surface area contributed by atoms with Crippen LogP contribution >= 0.6 is 0 Å². The Hall–Kier alpha value is -0.610. The SMILES string of the molecule is CC[C@H]1[C@@H](O)[C@@H]2[C@H](CC[C@]3(C)[C@@H]([C@H](C)CCC(=O)O)CC[C@@H]23)[C@@]2(C)CC[C@](C)(O)C[C@@H]12. The van der Waals surface area contributed by atoms with E-state index in [4.69, 9.17) is 0 Å². The molecule has 0 unspecified atom stereocenters. The van der Waals surface area contributed by atoms with Gasteiger partial charge in [-0.3, -0.25) is 4.79 Å². The molecule has 0 aromatic rings. The molecule has 3 N–H and O–H groups in total. The van der Waals surface area contributed by atoms with Crippen LogP contribution in [0.2, 0.25) is 0 Å². The Morgan fingerprint density at radius 3 is 2.32 bits per heavy atom. The predicted octanol–water partition coefficient (Wildman–Crippen LogP) is 5.50. The van der Waals surface area contributed by atoms with E-state index >= 15 is 0 Å². The maximum Gasteiger partial charge on any atom is 0.303 e. The van der Waals surface area contributed by atoms with Crippen LogP contribution < -0.4 is 0 Å². The van der Waals surface area contributed by atoms with Crippen molar-refractivity contribution < 1.29 is 20.1 Å². The van der Waals surface area contributed by atoms with Crippen LogP contribution in [-0.2, 0) is 4.79 Å². The van der Waals surface area contributed by atoms with Gasteiger partial charge in [-0.1, -0.05) is 34.1 Å². The number of rotatable bonds is 5. The Bertz CT molecular complexity index is 689. The summed E-state index contributed by atoms with van der Waals surface area (Å²) in [7, 11) is 0. The van der Waals surface area contributed by atoms with Gasteiger partial charge in [0.2, 0.25) is 0 Å². The van der Waals surface area contributed by atoms with Crippen molar-refractivity contribution in [3.63, 3.8) is 0 Å². The van der Waals surface area contributed by atoms with Gasteiger partial charge in [-0.25, -0.2) is 0 Å². The van der Waals surface area contributed by atoms with Gasteiger partial charge in [-0.15, -0.1) is 0 Å². The first-order valence-electron chi connectivity index (χ1n) is 13.1. The first kappa shape index (κ1) is 23.5. The molecule has 0 heterocycles. The van der Waals surface area contributed by atoms with Gasteiger partial charge in [0.15, 0.2) is 0 Å². The zero-order chi connectivity index (χ0) is 22.8. The highest BCUT2D eigenvalue weighted by Crippen LogP contribution is 2.70. The fourth-order valence-electron chi connectivity index (χ4n) is 9.65. The van der Waals surface area contributed by atoms with E-state index in [0.29, 0.717) is 35.5 Å². The maximum atomic E-state index is 11.8. The Labute approximate surface area is 189 Å². The third-order valence-electron chi connectivity index (χ3n) is 11.3. The van der Waals surface area contributed by atoms with Crippen LogP contribution in [0, 0.1) is 52.3 Å². The first-order chi connectivity index (χ1) is 14.4. The van der Waals surface area contributed by atoms with E-state index in [0.717, 1.165) is 32.1 Å². The topological polar surface area (TPSA) is 77.8 Å². The molecule has 4 rings (SSSR count). The van der Waals surface area contributed by atoms with E-state index in [9.17, 15) is 20.1 Å². The summed E-state index contributed by atoms with van der Waals surface area (Å²) >= 11 is 0. The number of fused-ring (bicyclic) bond motifs is 5. The highest BCUT2D eigenvalue weighted by atomic mass is 16.4. The molecule has 0 bridgehead atoms. The number of hydrogen-bond acceptors (Lipinski definition) is 3. The fourth-order valence-corrected chi connectivity index (χ4v) is 9.65. The van der Waals surface area contributed by atoms with Gasteiger partial charge in [0, 0.05) is 6.42 Å². The van der Waals surface area contributed by atoms with Crippen molar-refractivity contribution in [2.75, 3.05) is 0 Å². The van der Waals surface area contributed by atoms with Gasteiger partial charge in [0.25, 0.3) is 0 Å². The number of carboxylic acid groups (broad SMARTS) is 1. The second-order valence-corrected chi connectivity index (χ2v) is 12.8. The molecule has 4 aliphatic rings. The minimum absolute atomic E-state index is 0.223. The summed E-state index contributed by atoms with van der Waals surface area (Å²) in [6, 6.07) is 0. The summed E-state index contributed by atoms with van der Waals surface area (Å²) in [5, 5.41) is 31.8. The molecule has 0 amide bonds. The lowest BCUT2D eigenvalue weighted by Crippen LogP contribution is -2.63. The summed E-state index contributed by atoms with van der Waals surface area (Å²) in [6.07, 6.45) is 9.32. The van der Waals surface area contributed by atoms with Gasteiger partial charge in [-0.05, 0) is 111 Å². The van der Waals surface area contributed by atoms with E-state index < -0.39 is 11.6 Å². The van der Waals surface area contributed by atoms with Crippen LogP contribution in [0.3, 0.4) is 0 Å². The molecule has 0 aromatic heterocycles. The van der Waals surface area contributed by atoms with Crippen LogP contribution in [0.25, 0.3) is 0 Å². The fraction of sp³-hybridized carbons (Fsp3) is 0.963. The second-order valence-electron chi connectivity index (χ2n) is 12.8. The molecule has 0 spiro atoms. The Morgan fingerprint density at radius 2 is 1.68 bits per heavy atom. The quantitative estimate of drug-likeness (QED) is 0.533. The van der Waals surface area contributed by atoms with Gasteiger partial charge in [-0.2, -0.15) is 0 Å².